The van der Waals surface area contributed by atoms with Crippen molar-refractivity contribution in [2.24, 2.45) is 0 Å². The van der Waals surface area contributed by atoms with E-state index < -0.39 is 31.2 Å². The molecule has 3 aromatic carbocycles. The first-order chi connectivity index (χ1) is 21.7. The summed E-state index contributed by atoms with van der Waals surface area (Å²) in [5, 5.41) is 17.9. The highest BCUT2D eigenvalue weighted by Crippen LogP contribution is 2.36. The molecule has 3 aromatic rings. The van der Waals surface area contributed by atoms with Crippen molar-refractivity contribution in [3.63, 3.8) is 0 Å². The lowest BCUT2D eigenvalue weighted by Gasteiger charge is -2.15. The Balaban J connectivity index is 1.72. The molecule has 0 amide bonds. The molecule has 0 aliphatic carbocycles. The Morgan fingerprint density at radius 2 is 1.20 bits per heavy atom. The standard InChI is InChI=1S/C34H34F2O9/c1-23(19-37)33(39)44-21-42-28-12-7-25(8-13-28)27-11-16-30(31(18-27)41-17-5-3-4-6-32(35)36)26-9-14-29(15-10-26)43-22-45-34(40)24(2)20-38/h6-16,18,37-38H,1-5,17,19-22H2. The summed E-state index contributed by atoms with van der Waals surface area (Å²) in [5.41, 5.74) is 3.16. The average Bonchev–Trinajstić information content (AvgIpc) is 3.05. The minimum absolute atomic E-state index is 0.0744. The van der Waals surface area contributed by atoms with Gasteiger partial charge in [-0.05, 0) is 72.4 Å². The summed E-state index contributed by atoms with van der Waals surface area (Å²) in [6, 6.07) is 19.8. The Labute approximate surface area is 259 Å². The van der Waals surface area contributed by atoms with Crippen LogP contribution in [0.1, 0.15) is 19.3 Å². The second-order valence-corrected chi connectivity index (χ2v) is 9.51. The van der Waals surface area contributed by atoms with Gasteiger partial charge < -0.3 is 33.9 Å². The van der Waals surface area contributed by atoms with Crippen molar-refractivity contribution in [3.8, 4) is 39.5 Å². The van der Waals surface area contributed by atoms with Gasteiger partial charge in [-0.3, -0.25) is 0 Å². The monoisotopic (exact) mass is 624 g/mol. The number of aliphatic hydroxyl groups excluding tert-OH is 2. The van der Waals surface area contributed by atoms with E-state index in [0.717, 1.165) is 28.3 Å². The van der Waals surface area contributed by atoms with Gasteiger partial charge in [0.05, 0.1) is 31.0 Å². The maximum Gasteiger partial charge on any atom is 0.338 e. The summed E-state index contributed by atoms with van der Waals surface area (Å²) in [4.78, 5) is 23.2. The Morgan fingerprint density at radius 1 is 0.689 bits per heavy atom. The molecule has 0 aliphatic rings. The fourth-order valence-electron chi connectivity index (χ4n) is 3.81. The minimum atomic E-state index is -1.70. The summed E-state index contributed by atoms with van der Waals surface area (Å²) < 4.78 is 51.5. The molecule has 0 aromatic heterocycles. The van der Waals surface area contributed by atoms with Crippen LogP contribution in [0.25, 0.3) is 22.3 Å². The van der Waals surface area contributed by atoms with Gasteiger partial charge in [-0.25, -0.2) is 9.59 Å². The third kappa shape index (κ3) is 11.2. The lowest BCUT2D eigenvalue weighted by Crippen LogP contribution is -2.13. The fourth-order valence-corrected chi connectivity index (χ4v) is 3.81. The van der Waals surface area contributed by atoms with Gasteiger partial charge in [-0.15, -0.1) is 0 Å². The first kappa shape index (κ1) is 34.5. The highest BCUT2D eigenvalue weighted by Gasteiger charge is 2.12. The van der Waals surface area contributed by atoms with Crippen LogP contribution in [0.5, 0.6) is 17.2 Å². The molecule has 0 aliphatic heterocycles. The summed E-state index contributed by atoms with van der Waals surface area (Å²) in [6.07, 6.45) is 0.566. The highest BCUT2D eigenvalue weighted by molar-refractivity contribution is 5.88. The third-order valence-electron chi connectivity index (χ3n) is 6.28. The van der Waals surface area contributed by atoms with Gasteiger partial charge in [0, 0.05) is 5.56 Å². The van der Waals surface area contributed by atoms with Crippen LogP contribution < -0.4 is 14.2 Å². The van der Waals surface area contributed by atoms with Gasteiger partial charge in [0.2, 0.25) is 13.6 Å². The Kier molecular flexibility index (Phi) is 13.8. The van der Waals surface area contributed by atoms with Gasteiger partial charge in [0.1, 0.15) is 17.2 Å². The molecule has 0 saturated carbocycles. The molecule has 45 heavy (non-hydrogen) atoms. The quantitative estimate of drug-likeness (QED) is 0.0737. The van der Waals surface area contributed by atoms with E-state index in [1.165, 1.54) is 0 Å². The average molecular weight is 625 g/mol. The van der Waals surface area contributed by atoms with E-state index in [9.17, 15) is 18.4 Å². The highest BCUT2D eigenvalue weighted by atomic mass is 19.3. The number of benzene rings is 3. The van der Waals surface area contributed by atoms with Crippen molar-refractivity contribution in [1.29, 1.82) is 0 Å². The molecule has 0 bridgehead atoms. The van der Waals surface area contributed by atoms with Crippen LogP contribution in [0.15, 0.2) is 103 Å². The molecule has 11 heteroatoms. The van der Waals surface area contributed by atoms with Crippen molar-refractivity contribution < 1.29 is 52.3 Å². The van der Waals surface area contributed by atoms with Gasteiger partial charge in [0.15, 0.2) is 0 Å². The molecule has 0 unspecified atom stereocenters. The number of aliphatic hydroxyl groups is 2. The van der Waals surface area contributed by atoms with Crippen molar-refractivity contribution in [2.75, 3.05) is 33.4 Å². The molecule has 0 fully saturated rings. The number of hydrogen-bond acceptors (Lipinski definition) is 9. The predicted octanol–water partition coefficient (Wildman–Crippen LogP) is 6.21. The van der Waals surface area contributed by atoms with Crippen molar-refractivity contribution in [3.05, 3.63) is 103 Å². The van der Waals surface area contributed by atoms with Crippen LogP contribution in [-0.2, 0) is 19.1 Å². The number of ether oxygens (including phenoxy) is 5. The number of rotatable bonds is 18. The van der Waals surface area contributed by atoms with Crippen molar-refractivity contribution in [1.82, 2.24) is 0 Å². The number of halogens is 2. The summed E-state index contributed by atoms with van der Waals surface area (Å²) in [6.45, 7) is 5.40. The zero-order chi connectivity index (χ0) is 32.6. The minimum Gasteiger partial charge on any atom is -0.493 e. The lowest BCUT2D eigenvalue weighted by atomic mass is 9.99. The van der Waals surface area contributed by atoms with E-state index in [2.05, 4.69) is 13.2 Å². The van der Waals surface area contributed by atoms with Crippen LogP contribution in [-0.4, -0.2) is 55.6 Å². The molecule has 0 radical (unpaired) electrons. The predicted molar refractivity (Wildman–Crippen MR) is 163 cm³/mol. The number of carbonyl (C=O) groups is 2. The Bertz CT molecular complexity index is 1480. The summed E-state index contributed by atoms with van der Waals surface area (Å²) in [5.74, 6) is -0.00917. The first-order valence-corrected chi connectivity index (χ1v) is 13.9. The van der Waals surface area contributed by atoms with Crippen LogP contribution >= 0.6 is 0 Å². The van der Waals surface area contributed by atoms with Crippen molar-refractivity contribution in [2.45, 2.75) is 19.3 Å². The van der Waals surface area contributed by atoms with Gasteiger partial charge in [-0.2, -0.15) is 8.78 Å². The molecule has 0 spiro atoms. The fraction of sp³-hybridized carbons (Fsp3) is 0.235. The van der Waals surface area contributed by atoms with E-state index in [-0.39, 0.29) is 31.2 Å². The first-order valence-electron chi connectivity index (χ1n) is 13.9. The topological polar surface area (TPSA) is 121 Å². The molecule has 9 nitrogen and oxygen atoms in total. The van der Waals surface area contributed by atoms with E-state index >= 15 is 0 Å². The molecule has 0 heterocycles. The normalized spacial score (nSPS) is 10.4. The van der Waals surface area contributed by atoms with Crippen LogP contribution in [0.3, 0.4) is 0 Å². The molecular weight excluding hydrogens is 590 g/mol. The number of unbranched alkanes of at least 4 members (excludes halogenated alkanes) is 2. The second kappa shape index (κ2) is 18.0. The van der Waals surface area contributed by atoms with E-state index in [4.69, 9.17) is 33.9 Å². The molecule has 0 atom stereocenters. The zero-order valence-corrected chi connectivity index (χ0v) is 24.5. The van der Waals surface area contributed by atoms with Gasteiger partial charge >= 0.3 is 11.9 Å². The smallest absolute Gasteiger partial charge is 0.338 e. The largest absolute Gasteiger partial charge is 0.493 e. The van der Waals surface area contributed by atoms with E-state index in [0.29, 0.717) is 36.7 Å². The molecular formula is C34H34F2O9. The second-order valence-electron chi connectivity index (χ2n) is 9.51. The third-order valence-corrected chi connectivity index (χ3v) is 6.28. The molecule has 238 valence electrons. The molecule has 0 saturated heterocycles. The maximum absolute atomic E-state index is 12.3. The maximum atomic E-state index is 12.3. The Morgan fingerprint density at radius 3 is 1.71 bits per heavy atom. The SMILES string of the molecule is C=C(CO)C(=O)OCOc1ccc(-c2ccc(-c3ccc(OCOC(=O)C(=C)CO)cc3)c(OCCCCC=C(F)F)c2)cc1. The number of carbonyl (C=O) groups excluding carboxylic acids is 2. The molecule has 3 rings (SSSR count). The lowest BCUT2D eigenvalue weighted by molar-refractivity contribution is -0.146. The van der Waals surface area contributed by atoms with E-state index in [1.807, 2.05) is 42.5 Å². The van der Waals surface area contributed by atoms with E-state index in [1.54, 1.807) is 24.3 Å². The zero-order valence-electron chi connectivity index (χ0n) is 24.5. The van der Waals surface area contributed by atoms with Gasteiger partial charge in [-0.1, -0.05) is 49.6 Å². The number of hydrogen-bond donors (Lipinski definition) is 2. The van der Waals surface area contributed by atoms with Crippen LogP contribution in [0, 0.1) is 0 Å². The van der Waals surface area contributed by atoms with Crippen LogP contribution in [0.4, 0.5) is 8.78 Å². The van der Waals surface area contributed by atoms with Crippen molar-refractivity contribution >= 4 is 11.9 Å². The number of esters is 2. The molecule has 2 N–H and O–H groups in total. The summed E-state index contributed by atoms with van der Waals surface area (Å²) >= 11 is 0. The summed E-state index contributed by atoms with van der Waals surface area (Å²) in [7, 11) is 0. The number of allylic oxidation sites excluding steroid dienone is 1. The van der Waals surface area contributed by atoms with Gasteiger partial charge in [0.25, 0.3) is 6.08 Å². The van der Waals surface area contributed by atoms with Crippen LogP contribution in [0.2, 0.25) is 0 Å². The Hall–Kier alpha value is -5.00.